The van der Waals surface area contributed by atoms with Crippen LogP contribution in [-0.2, 0) is 9.53 Å². The van der Waals surface area contributed by atoms with Crippen LogP contribution in [0.25, 0.3) is 22.3 Å². The highest BCUT2D eigenvalue weighted by Crippen LogP contribution is 2.30. The van der Waals surface area contributed by atoms with Crippen molar-refractivity contribution >= 4 is 22.7 Å². The Morgan fingerprint density at radius 2 is 1.96 bits per heavy atom. The van der Waals surface area contributed by atoms with E-state index in [0.717, 1.165) is 10.9 Å². The zero-order valence-corrected chi connectivity index (χ0v) is 14.8. The smallest absolute Gasteiger partial charge is 0.322 e. The van der Waals surface area contributed by atoms with Gasteiger partial charge in [-0.05, 0) is 30.7 Å². The predicted octanol–water partition coefficient (Wildman–Crippen LogP) is 2.32. The molecular formula is C20H20N4O3. The van der Waals surface area contributed by atoms with Crippen molar-refractivity contribution in [1.29, 1.82) is 0 Å². The van der Waals surface area contributed by atoms with Crippen LogP contribution in [0.2, 0.25) is 0 Å². The Morgan fingerprint density at radius 3 is 2.78 bits per heavy atom. The number of ether oxygens (including phenoxy) is 1. The Labute approximate surface area is 156 Å². The maximum atomic E-state index is 11.7. The average molecular weight is 364 g/mol. The van der Waals surface area contributed by atoms with Crippen molar-refractivity contribution in [3.8, 4) is 17.1 Å². The molecule has 0 bridgehead atoms. The molecule has 0 saturated carbocycles. The van der Waals surface area contributed by atoms with Crippen LogP contribution in [-0.4, -0.2) is 46.8 Å². The summed E-state index contributed by atoms with van der Waals surface area (Å²) in [6.45, 7) is 0.629. The largest absolute Gasteiger partial charge is 0.507 e. The first-order valence-electron chi connectivity index (χ1n) is 8.78. The lowest BCUT2D eigenvalue weighted by atomic mass is 10.1. The average Bonchev–Trinajstić information content (AvgIpc) is 3.16. The topological polar surface area (TPSA) is 96.4 Å². The molecule has 1 aromatic heterocycles. The summed E-state index contributed by atoms with van der Waals surface area (Å²) in [7, 11) is 1.39. The second-order valence-corrected chi connectivity index (χ2v) is 6.49. The van der Waals surface area contributed by atoms with Gasteiger partial charge >= 0.3 is 5.97 Å². The third kappa shape index (κ3) is 3.41. The molecule has 1 aliphatic rings. The molecule has 0 spiro atoms. The number of carbonyl (C=O) groups excluding carboxylic acids is 1. The van der Waals surface area contributed by atoms with Gasteiger partial charge in [0.15, 0.2) is 5.82 Å². The molecule has 27 heavy (non-hydrogen) atoms. The highest BCUT2D eigenvalue weighted by atomic mass is 16.5. The number of anilines is 1. The lowest BCUT2D eigenvalue weighted by Gasteiger charge is -2.16. The van der Waals surface area contributed by atoms with Gasteiger partial charge in [0.2, 0.25) is 0 Å². The van der Waals surface area contributed by atoms with Gasteiger partial charge in [0.05, 0.1) is 18.2 Å². The van der Waals surface area contributed by atoms with E-state index in [1.54, 1.807) is 18.2 Å². The molecule has 138 valence electrons. The molecule has 2 aromatic carbocycles. The van der Waals surface area contributed by atoms with Crippen LogP contribution in [0.1, 0.15) is 6.42 Å². The van der Waals surface area contributed by atoms with Crippen LogP contribution in [0.5, 0.6) is 5.75 Å². The van der Waals surface area contributed by atoms with Crippen molar-refractivity contribution in [3.63, 3.8) is 0 Å². The van der Waals surface area contributed by atoms with Crippen LogP contribution in [0.15, 0.2) is 48.5 Å². The molecule has 2 atom stereocenters. The number of para-hydroxylation sites is 2. The van der Waals surface area contributed by atoms with Gasteiger partial charge in [0, 0.05) is 18.0 Å². The molecule has 1 aliphatic heterocycles. The second kappa shape index (κ2) is 7.20. The highest BCUT2D eigenvalue weighted by Gasteiger charge is 2.30. The Morgan fingerprint density at radius 1 is 1.19 bits per heavy atom. The number of hydrogen-bond donors (Lipinski definition) is 3. The SMILES string of the molecule is COC(=O)[C@H]1C[C@@H](Nc2nc(-c3ccccc3O)nc3ccccc23)CN1. The summed E-state index contributed by atoms with van der Waals surface area (Å²) >= 11 is 0. The number of phenolic OH excluding ortho intramolecular Hbond substituents is 1. The third-order valence-electron chi connectivity index (χ3n) is 4.71. The highest BCUT2D eigenvalue weighted by molar-refractivity contribution is 5.91. The lowest BCUT2D eigenvalue weighted by Crippen LogP contribution is -2.31. The number of fused-ring (bicyclic) bond motifs is 1. The van der Waals surface area contributed by atoms with Crippen LogP contribution in [0.4, 0.5) is 5.82 Å². The van der Waals surface area contributed by atoms with Gasteiger partial charge < -0.3 is 20.5 Å². The third-order valence-corrected chi connectivity index (χ3v) is 4.71. The number of esters is 1. The van der Waals surface area contributed by atoms with Crippen LogP contribution in [0.3, 0.4) is 0 Å². The fourth-order valence-electron chi connectivity index (χ4n) is 3.33. The number of aromatic nitrogens is 2. The van der Waals surface area contributed by atoms with E-state index >= 15 is 0 Å². The van der Waals surface area contributed by atoms with E-state index in [1.165, 1.54) is 7.11 Å². The fraction of sp³-hybridized carbons (Fsp3) is 0.250. The van der Waals surface area contributed by atoms with Gasteiger partial charge in [-0.3, -0.25) is 4.79 Å². The summed E-state index contributed by atoms with van der Waals surface area (Å²) in [5.41, 5.74) is 1.35. The summed E-state index contributed by atoms with van der Waals surface area (Å²) in [6, 6.07) is 14.4. The van der Waals surface area contributed by atoms with Crippen molar-refractivity contribution in [2.24, 2.45) is 0 Å². The van der Waals surface area contributed by atoms with Gasteiger partial charge in [-0.25, -0.2) is 9.97 Å². The zero-order chi connectivity index (χ0) is 18.8. The first kappa shape index (κ1) is 17.2. The fourth-order valence-corrected chi connectivity index (χ4v) is 3.33. The minimum Gasteiger partial charge on any atom is -0.507 e. The summed E-state index contributed by atoms with van der Waals surface area (Å²) in [5, 5.41) is 17.6. The molecule has 3 aromatic rings. The number of benzene rings is 2. The van der Waals surface area contributed by atoms with Crippen molar-refractivity contribution in [2.75, 3.05) is 19.0 Å². The maximum Gasteiger partial charge on any atom is 0.322 e. The molecule has 0 unspecified atom stereocenters. The summed E-state index contributed by atoms with van der Waals surface area (Å²) in [6.07, 6.45) is 0.608. The monoisotopic (exact) mass is 364 g/mol. The minimum absolute atomic E-state index is 0.0321. The quantitative estimate of drug-likeness (QED) is 0.611. The number of hydrogen-bond acceptors (Lipinski definition) is 7. The number of rotatable bonds is 4. The summed E-state index contributed by atoms with van der Waals surface area (Å²) in [4.78, 5) is 21.0. The molecule has 0 amide bonds. The molecule has 3 N–H and O–H groups in total. The number of nitrogens with zero attached hydrogens (tertiary/aromatic N) is 2. The van der Waals surface area contributed by atoms with E-state index in [2.05, 4.69) is 20.6 Å². The van der Waals surface area contributed by atoms with Crippen molar-refractivity contribution in [2.45, 2.75) is 18.5 Å². The maximum absolute atomic E-state index is 11.7. The predicted molar refractivity (Wildman–Crippen MR) is 102 cm³/mol. The molecule has 1 fully saturated rings. The van der Waals surface area contributed by atoms with E-state index in [9.17, 15) is 9.90 Å². The number of methoxy groups -OCH3 is 1. The summed E-state index contributed by atoms with van der Waals surface area (Å²) < 4.78 is 4.81. The molecular weight excluding hydrogens is 344 g/mol. The van der Waals surface area contributed by atoms with E-state index in [0.29, 0.717) is 30.2 Å². The molecule has 2 heterocycles. The van der Waals surface area contributed by atoms with Crippen LogP contribution in [0, 0.1) is 0 Å². The van der Waals surface area contributed by atoms with Gasteiger partial charge in [0.1, 0.15) is 17.6 Å². The van der Waals surface area contributed by atoms with Gasteiger partial charge in [-0.1, -0.05) is 24.3 Å². The van der Waals surface area contributed by atoms with Crippen molar-refractivity contribution in [3.05, 3.63) is 48.5 Å². The number of nitrogens with one attached hydrogen (secondary N) is 2. The van der Waals surface area contributed by atoms with E-state index < -0.39 is 0 Å². The Hall–Kier alpha value is -3.19. The number of carbonyl (C=O) groups is 1. The van der Waals surface area contributed by atoms with Gasteiger partial charge in [-0.2, -0.15) is 0 Å². The van der Waals surface area contributed by atoms with E-state index in [-0.39, 0.29) is 23.8 Å². The first-order chi connectivity index (χ1) is 13.2. The number of phenols is 1. The van der Waals surface area contributed by atoms with Crippen molar-refractivity contribution < 1.29 is 14.6 Å². The Balaban J connectivity index is 1.70. The molecule has 4 rings (SSSR count). The van der Waals surface area contributed by atoms with E-state index in [4.69, 9.17) is 4.74 Å². The Bertz CT molecular complexity index is 992. The second-order valence-electron chi connectivity index (χ2n) is 6.49. The van der Waals surface area contributed by atoms with Crippen molar-refractivity contribution in [1.82, 2.24) is 15.3 Å². The lowest BCUT2D eigenvalue weighted by molar-refractivity contribution is -0.142. The molecule has 0 radical (unpaired) electrons. The van der Waals surface area contributed by atoms with E-state index in [1.807, 2.05) is 30.3 Å². The molecule has 1 saturated heterocycles. The molecule has 7 heteroatoms. The zero-order valence-electron chi connectivity index (χ0n) is 14.8. The minimum atomic E-state index is -0.321. The number of aromatic hydroxyl groups is 1. The van der Waals surface area contributed by atoms with Crippen LogP contribution >= 0.6 is 0 Å². The van der Waals surface area contributed by atoms with Gasteiger partial charge in [-0.15, -0.1) is 0 Å². The summed E-state index contributed by atoms with van der Waals surface area (Å²) in [5.74, 6) is 0.995. The van der Waals surface area contributed by atoms with Crippen LogP contribution < -0.4 is 10.6 Å². The molecule has 7 nitrogen and oxygen atoms in total. The Kier molecular flexibility index (Phi) is 4.60. The first-order valence-corrected chi connectivity index (χ1v) is 8.78. The molecule has 0 aliphatic carbocycles. The van der Waals surface area contributed by atoms with Gasteiger partial charge in [0.25, 0.3) is 0 Å². The normalized spacial score (nSPS) is 19.1. The standard InChI is InChI=1S/C20H20N4O3/c1-27-20(26)16-10-12(11-21-16)22-18-13-6-2-4-8-15(13)23-19(24-18)14-7-3-5-9-17(14)25/h2-9,12,16,21,25H,10-11H2,1H3,(H,22,23,24)/t12-,16-/m1/s1.